The number of hydrogen-bond acceptors (Lipinski definition) is 4. The summed E-state index contributed by atoms with van der Waals surface area (Å²) in [6.07, 6.45) is 1.73. The van der Waals surface area contributed by atoms with E-state index in [1.807, 2.05) is 37.3 Å². The number of fused-ring (bicyclic) bond motifs is 1. The zero-order valence-electron chi connectivity index (χ0n) is 12.2. The van der Waals surface area contributed by atoms with Crippen molar-refractivity contribution in [3.8, 4) is 5.88 Å². The molecule has 0 fully saturated rings. The van der Waals surface area contributed by atoms with Crippen molar-refractivity contribution in [2.24, 2.45) is 0 Å². The minimum atomic E-state index is 0.666. The Morgan fingerprint density at radius 3 is 2.86 bits per heavy atom. The van der Waals surface area contributed by atoms with Gasteiger partial charge in [0.05, 0.1) is 7.11 Å². The van der Waals surface area contributed by atoms with Crippen molar-refractivity contribution >= 4 is 11.0 Å². The molecule has 108 valence electrons. The molecule has 0 atom stereocenters. The summed E-state index contributed by atoms with van der Waals surface area (Å²) in [6.45, 7) is 3.46. The fourth-order valence-electron chi connectivity index (χ4n) is 2.51. The van der Waals surface area contributed by atoms with E-state index in [-0.39, 0.29) is 0 Å². The van der Waals surface area contributed by atoms with Crippen molar-refractivity contribution < 1.29 is 9.15 Å². The van der Waals surface area contributed by atoms with Crippen LogP contribution in [0.5, 0.6) is 5.88 Å². The highest BCUT2D eigenvalue weighted by molar-refractivity contribution is 5.82. The first-order valence-electron chi connectivity index (χ1n) is 6.95. The van der Waals surface area contributed by atoms with Gasteiger partial charge >= 0.3 is 0 Å². The highest BCUT2D eigenvalue weighted by Crippen LogP contribution is 2.25. The van der Waals surface area contributed by atoms with Crippen LogP contribution in [-0.4, -0.2) is 12.1 Å². The van der Waals surface area contributed by atoms with Gasteiger partial charge < -0.3 is 14.5 Å². The maximum atomic E-state index is 5.77. The Balaban J connectivity index is 1.74. The second-order valence-electron chi connectivity index (χ2n) is 4.91. The number of furan rings is 1. The molecule has 0 saturated heterocycles. The molecule has 3 rings (SSSR count). The normalized spacial score (nSPS) is 11.0. The molecule has 4 nitrogen and oxygen atoms in total. The lowest BCUT2D eigenvalue weighted by atomic mass is 10.1. The molecule has 2 aromatic heterocycles. The first-order chi connectivity index (χ1) is 10.3. The maximum absolute atomic E-state index is 5.77. The van der Waals surface area contributed by atoms with E-state index in [0.717, 1.165) is 23.5 Å². The number of pyridine rings is 1. The van der Waals surface area contributed by atoms with E-state index >= 15 is 0 Å². The Morgan fingerprint density at radius 2 is 2.00 bits per heavy atom. The Hall–Kier alpha value is -2.33. The van der Waals surface area contributed by atoms with Crippen LogP contribution < -0.4 is 10.1 Å². The van der Waals surface area contributed by atoms with Gasteiger partial charge in [0.25, 0.3) is 0 Å². The van der Waals surface area contributed by atoms with Crippen LogP contribution >= 0.6 is 0 Å². The highest BCUT2D eigenvalue weighted by Gasteiger charge is 2.10. The molecule has 0 spiro atoms. The molecule has 0 aliphatic heterocycles. The summed E-state index contributed by atoms with van der Waals surface area (Å²) < 4.78 is 11.0. The number of benzene rings is 1. The molecular weight excluding hydrogens is 264 g/mol. The molecule has 0 unspecified atom stereocenters. The summed E-state index contributed by atoms with van der Waals surface area (Å²) in [4.78, 5) is 4.20. The number of nitrogens with zero attached hydrogens (tertiary/aromatic N) is 1. The van der Waals surface area contributed by atoms with Gasteiger partial charge in [-0.2, -0.15) is 0 Å². The second kappa shape index (κ2) is 5.97. The first-order valence-corrected chi connectivity index (χ1v) is 6.95. The number of ether oxygens (including phenoxy) is 1. The Bertz CT molecular complexity index is 749. The third-order valence-corrected chi connectivity index (χ3v) is 3.56. The van der Waals surface area contributed by atoms with Crippen LogP contribution in [0.3, 0.4) is 0 Å². The molecule has 0 bridgehead atoms. The minimum Gasteiger partial charge on any atom is -0.481 e. The molecule has 0 radical (unpaired) electrons. The fraction of sp³-hybridized carbons (Fsp3) is 0.235. The van der Waals surface area contributed by atoms with Gasteiger partial charge in [-0.25, -0.2) is 4.98 Å². The van der Waals surface area contributed by atoms with Gasteiger partial charge in [-0.05, 0) is 19.1 Å². The number of aryl methyl sites for hydroxylation is 1. The number of aromatic nitrogens is 1. The largest absolute Gasteiger partial charge is 0.481 e. The zero-order chi connectivity index (χ0) is 14.7. The number of nitrogens with one attached hydrogen (secondary N) is 1. The third kappa shape index (κ3) is 2.76. The zero-order valence-corrected chi connectivity index (χ0v) is 12.2. The highest BCUT2D eigenvalue weighted by atomic mass is 16.5. The van der Waals surface area contributed by atoms with Crippen molar-refractivity contribution in [1.82, 2.24) is 10.3 Å². The van der Waals surface area contributed by atoms with Crippen molar-refractivity contribution in [1.29, 1.82) is 0 Å². The predicted molar refractivity (Wildman–Crippen MR) is 82.3 cm³/mol. The van der Waals surface area contributed by atoms with E-state index in [4.69, 9.17) is 9.15 Å². The molecule has 1 aromatic carbocycles. The Labute approximate surface area is 123 Å². The van der Waals surface area contributed by atoms with Gasteiger partial charge in [-0.3, -0.25) is 0 Å². The van der Waals surface area contributed by atoms with Crippen LogP contribution in [0.1, 0.15) is 16.9 Å². The molecule has 3 aromatic rings. The van der Waals surface area contributed by atoms with E-state index in [9.17, 15) is 0 Å². The number of para-hydroxylation sites is 1. The third-order valence-electron chi connectivity index (χ3n) is 3.56. The van der Waals surface area contributed by atoms with Crippen molar-refractivity contribution in [3.05, 3.63) is 59.5 Å². The monoisotopic (exact) mass is 282 g/mol. The Morgan fingerprint density at radius 1 is 1.14 bits per heavy atom. The average molecular weight is 282 g/mol. The standard InChI is InChI=1S/C17H18N2O2/c1-12-15(14-7-3-4-8-16(14)21-12)11-18-10-13-6-5-9-19-17(13)20-2/h3-9,18H,10-11H2,1-2H3. The molecule has 2 heterocycles. The number of rotatable bonds is 5. The molecule has 4 heteroatoms. The van der Waals surface area contributed by atoms with Gasteiger partial charge in [-0.1, -0.05) is 24.3 Å². The quantitative estimate of drug-likeness (QED) is 0.778. The Kier molecular flexibility index (Phi) is 3.88. The van der Waals surface area contributed by atoms with E-state index in [1.165, 1.54) is 10.9 Å². The van der Waals surface area contributed by atoms with Crippen LogP contribution in [0.15, 0.2) is 47.0 Å². The van der Waals surface area contributed by atoms with Crippen molar-refractivity contribution in [2.75, 3.05) is 7.11 Å². The lowest BCUT2D eigenvalue weighted by Gasteiger charge is -2.08. The molecule has 0 aliphatic rings. The molecular formula is C17H18N2O2. The predicted octanol–water partition coefficient (Wildman–Crippen LogP) is 3.43. The number of methoxy groups -OCH3 is 1. The molecule has 0 aliphatic carbocycles. The fourth-order valence-corrected chi connectivity index (χ4v) is 2.51. The van der Waals surface area contributed by atoms with E-state index in [1.54, 1.807) is 13.3 Å². The van der Waals surface area contributed by atoms with E-state index in [0.29, 0.717) is 12.4 Å². The lowest BCUT2D eigenvalue weighted by Crippen LogP contribution is -2.14. The van der Waals surface area contributed by atoms with Gasteiger partial charge in [0.15, 0.2) is 0 Å². The van der Waals surface area contributed by atoms with Crippen molar-refractivity contribution in [2.45, 2.75) is 20.0 Å². The molecule has 21 heavy (non-hydrogen) atoms. The van der Waals surface area contributed by atoms with Gasteiger partial charge in [0, 0.05) is 35.8 Å². The summed E-state index contributed by atoms with van der Waals surface area (Å²) in [5.41, 5.74) is 3.18. The summed E-state index contributed by atoms with van der Waals surface area (Å²) >= 11 is 0. The SMILES string of the molecule is COc1ncccc1CNCc1c(C)oc2ccccc12. The maximum Gasteiger partial charge on any atom is 0.217 e. The summed E-state index contributed by atoms with van der Waals surface area (Å²) in [5.74, 6) is 1.63. The molecule has 0 amide bonds. The average Bonchev–Trinajstić information content (AvgIpc) is 2.84. The van der Waals surface area contributed by atoms with E-state index < -0.39 is 0 Å². The van der Waals surface area contributed by atoms with Crippen LogP contribution in [-0.2, 0) is 13.1 Å². The first kappa shape index (κ1) is 13.6. The van der Waals surface area contributed by atoms with Gasteiger partial charge in [0.1, 0.15) is 11.3 Å². The number of hydrogen-bond donors (Lipinski definition) is 1. The van der Waals surface area contributed by atoms with Crippen LogP contribution in [0.4, 0.5) is 0 Å². The summed E-state index contributed by atoms with van der Waals surface area (Å²) in [7, 11) is 1.64. The lowest BCUT2D eigenvalue weighted by molar-refractivity contribution is 0.390. The van der Waals surface area contributed by atoms with Crippen LogP contribution in [0, 0.1) is 6.92 Å². The van der Waals surface area contributed by atoms with Crippen LogP contribution in [0.2, 0.25) is 0 Å². The smallest absolute Gasteiger partial charge is 0.217 e. The second-order valence-corrected chi connectivity index (χ2v) is 4.91. The molecule has 0 saturated carbocycles. The van der Waals surface area contributed by atoms with Crippen molar-refractivity contribution in [3.63, 3.8) is 0 Å². The minimum absolute atomic E-state index is 0.666. The summed E-state index contributed by atoms with van der Waals surface area (Å²) in [5, 5.41) is 4.60. The summed E-state index contributed by atoms with van der Waals surface area (Å²) in [6, 6.07) is 12.0. The molecule has 1 N–H and O–H groups in total. The van der Waals surface area contributed by atoms with Gasteiger partial charge in [0.2, 0.25) is 5.88 Å². The topological polar surface area (TPSA) is 47.3 Å². The van der Waals surface area contributed by atoms with E-state index in [2.05, 4.69) is 16.4 Å². The van der Waals surface area contributed by atoms with Gasteiger partial charge in [-0.15, -0.1) is 0 Å². The van der Waals surface area contributed by atoms with Crippen LogP contribution in [0.25, 0.3) is 11.0 Å².